The summed E-state index contributed by atoms with van der Waals surface area (Å²) in [6, 6.07) is 7.33. The molecule has 2 rings (SSSR count). The zero-order valence-corrected chi connectivity index (χ0v) is 11.7. The van der Waals surface area contributed by atoms with Gasteiger partial charge >= 0.3 is 0 Å². The van der Waals surface area contributed by atoms with E-state index < -0.39 is 0 Å². The second-order valence-electron chi connectivity index (χ2n) is 4.45. The van der Waals surface area contributed by atoms with E-state index in [4.69, 9.17) is 0 Å². The predicted molar refractivity (Wildman–Crippen MR) is 78.5 cm³/mol. The standard InChI is InChI=1S/C15H18N4O/c1-3-16-14-8-13(6-7-17-14)15(20)19-10-12-5-4-11(2)18-9-12/h4-9H,3,10H2,1-2H3,(H,16,17)(H,19,20). The third-order valence-corrected chi connectivity index (χ3v) is 2.81. The largest absolute Gasteiger partial charge is 0.370 e. The molecule has 2 aromatic heterocycles. The van der Waals surface area contributed by atoms with Crippen LogP contribution in [0.1, 0.15) is 28.5 Å². The Balaban J connectivity index is 1.97. The summed E-state index contributed by atoms with van der Waals surface area (Å²) in [6.45, 7) is 5.15. The zero-order chi connectivity index (χ0) is 14.4. The van der Waals surface area contributed by atoms with Crippen molar-refractivity contribution in [3.8, 4) is 0 Å². The van der Waals surface area contributed by atoms with E-state index >= 15 is 0 Å². The second-order valence-corrected chi connectivity index (χ2v) is 4.45. The summed E-state index contributed by atoms with van der Waals surface area (Å²) >= 11 is 0. The van der Waals surface area contributed by atoms with Gasteiger partial charge in [0.2, 0.25) is 0 Å². The average Bonchev–Trinajstić information content (AvgIpc) is 2.47. The van der Waals surface area contributed by atoms with Crippen LogP contribution >= 0.6 is 0 Å². The van der Waals surface area contributed by atoms with E-state index in [0.29, 0.717) is 17.9 Å². The fourth-order valence-electron chi connectivity index (χ4n) is 1.74. The first-order chi connectivity index (χ1) is 9.69. The van der Waals surface area contributed by atoms with Crippen LogP contribution in [0.3, 0.4) is 0 Å². The van der Waals surface area contributed by atoms with Gasteiger partial charge in [-0.2, -0.15) is 0 Å². The highest BCUT2D eigenvalue weighted by atomic mass is 16.1. The Morgan fingerprint density at radius 1 is 1.25 bits per heavy atom. The third-order valence-electron chi connectivity index (χ3n) is 2.81. The van der Waals surface area contributed by atoms with Crippen molar-refractivity contribution in [2.75, 3.05) is 11.9 Å². The first-order valence-corrected chi connectivity index (χ1v) is 6.58. The summed E-state index contributed by atoms with van der Waals surface area (Å²) in [5.74, 6) is 0.587. The smallest absolute Gasteiger partial charge is 0.251 e. The van der Waals surface area contributed by atoms with Crippen molar-refractivity contribution in [1.82, 2.24) is 15.3 Å². The molecule has 2 heterocycles. The molecule has 0 aromatic carbocycles. The molecule has 20 heavy (non-hydrogen) atoms. The summed E-state index contributed by atoms with van der Waals surface area (Å²) in [4.78, 5) is 20.4. The van der Waals surface area contributed by atoms with Gasteiger partial charge in [0.05, 0.1) is 0 Å². The second kappa shape index (κ2) is 6.65. The highest BCUT2D eigenvalue weighted by molar-refractivity contribution is 5.94. The lowest BCUT2D eigenvalue weighted by Crippen LogP contribution is -2.23. The van der Waals surface area contributed by atoms with Crippen LogP contribution in [0.15, 0.2) is 36.7 Å². The molecule has 0 spiro atoms. The Labute approximate surface area is 118 Å². The third kappa shape index (κ3) is 3.78. The highest BCUT2D eigenvalue weighted by Gasteiger charge is 2.06. The molecule has 5 heteroatoms. The van der Waals surface area contributed by atoms with Gasteiger partial charge in [-0.15, -0.1) is 0 Å². The van der Waals surface area contributed by atoms with Gasteiger partial charge in [0.25, 0.3) is 5.91 Å². The predicted octanol–water partition coefficient (Wildman–Crippen LogP) is 2.15. The maximum absolute atomic E-state index is 12.1. The van der Waals surface area contributed by atoms with E-state index in [2.05, 4.69) is 20.6 Å². The minimum atomic E-state index is -0.118. The number of carbonyl (C=O) groups is 1. The molecule has 0 aliphatic heterocycles. The van der Waals surface area contributed by atoms with E-state index in [-0.39, 0.29) is 5.91 Å². The average molecular weight is 270 g/mol. The van der Waals surface area contributed by atoms with Gasteiger partial charge in [-0.05, 0) is 37.6 Å². The van der Waals surface area contributed by atoms with Gasteiger partial charge in [0, 0.05) is 36.7 Å². The number of aryl methyl sites for hydroxylation is 1. The Morgan fingerprint density at radius 3 is 2.80 bits per heavy atom. The monoisotopic (exact) mass is 270 g/mol. The first-order valence-electron chi connectivity index (χ1n) is 6.58. The Bertz CT molecular complexity index is 581. The van der Waals surface area contributed by atoms with Gasteiger partial charge in [-0.25, -0.2) is 4.98 Å². The van der Waals surface area contributed by atoms with Crippen molar-refractivity contribution < 1.29 is 4.79 Å². The maximum Gasteiger partial charge on any atom is 0.251 e. The van der Waals surface area contributed by atoms with E-state index in [1.807, 2.05) is 26.0 Å². The van der Waals surface area contributed by atoms with Gasteiger partial charge < -0.3 is 10.6 Å². The number of hydrogen-bond acceptors (Lipinski definition) is 4. The van der Waals surface area contributed by atoms with Crippen LogP contribution in [0.2, 0.25) is 0 Å². The molecular formula is C15H18N4O. The molecule has 0 aliphatic rings. The van der Waals surface area contributed by atoms with E-state index in [1.165, 1.54) is 0 Å². The molecular weight excluding hydrogens is 252 g/mol. The van der Waals surface area contributed by atoms with Gasteiger partial charge in [-0.3, -0.25) is 9.78 Å². The molecule has 0 bridgehead atoms. The number of nitrogens with one attached hydrogen (secondary N) is 2. The van der Waals surface area contributed by atoms with Crippen molar-refractivity contribution in [2.45, 2.75) is 20.4 Å². The molecule has 1 amide bonds. The molecule has 0 saturated carbocycles. The number of hydrogen-bond donors (Lipinski definition) is 2. The molecule has 0 fully saturated rings. The lowest BCUT2D eigenvalue weighted by molar-refractivity contribution is 0.0951. The minimum Gasteiger partial charge on any atom is -0.370 e. The molecule has 0 saturated heterocycles. The lowest BCUT2D eigenvalue weighted by atomic mass is 10.2. The highest BCUT2D eigenvalue weighted by Crippen LogP contribution is 2.07. The summed E-state index contributed by atoms with van der Waals surface area (Å²) in [6.07, 6.45) is 3.40. The molecule has 2 N–H and O–H groups in total. The van der Waals surface area contributed by atoms with Crippen LogP contribution in [-0.2, 0) is 6.54 Å². The van der Waals surface area contributed by atoms with E-state index in [1.54, 1.807) is 24.5 Å². The molecule has 5 nitrogen and oxygen atoms in total. The molecule has 0 unspecified atom stereocenters. The van der Waals surface area contributed by atoms with Crippen LogP contribution in [0, 0.1) is 6.92 Å². The number of nitrogens with zero attached hydrogens (tertiary/aromatic N) is 2. The topological polar surface area (TPSA) is 66.9 Å². The molecule has 2 aromatic rings. The van der Waals surface area contributed by atoms with Crippen LogP contribution in [-0.4, -0.2) is 22.4 Å². The van der Waals surface area contributed by atoms with Crippen LogP contribution in [0.4, 0.5) is 5.82 Å². The number of carbonyl (C=O) groups excluding carboxylic acids is 1. The molecule has 0 aliphatic carbocycles. The summed E-state index contributed by atoms with van der Waals surface area (Å²) in [5, 5.41) is 5.95. The van der Waals surface area contributed by atoms with Crippen LogP contribution in [0.25, 0.3) is 0 Å². The summed E-state index contributed by atoms with van der Waals surface area (Å²) in [5.41, 5.74) is 2.53. The van der Waals surface area contributed by atoms with Crippen LogP contribution < -0.4 is 10.6 Å². The van der Waals surface area contributed by atoms with Crippen molar-refractivity contribution in [3.05, 3.63) is 53.5 Å². The Hall–Kier alpha value is -2.43. The summed E-state index contributed by atoms with van der Waals surface area (Å²) in [7, 11) is 0. The molecule has 104 valence electrons. The zero-order valence-electron chi connectivity index (χ0n) is 11.7. The normalized spacial score (nSPS) is 10.1. The number of pyridine rings is 2. The Kier molecular flexibility index (Phi) is 4.65. The lowest BCUT2D eigenvalue weighted by Gasteiger charge is -2.07. The maximum atomic E-state index is 12.1. The minimum absolute atomic E-state index is 0.118. The van der Waals surface area contributed by atoms with Gasteiger partial charge in [0.15, 0.2) is 0 Å². The van der Waals surface area contributed by atoms with Crippen molar-refractivity contribution in [2.24, 2.45) is 0 Å². The van der Waals surface area contributed by atoms with Crippen LogP contribution in [0.5, 0.6) is 0 Å². The number of anilines is 1. The van der Waals surface area contributed by atoms with Gasteiger partial charge in [0.1, 0.15) is 5.82 Å². The van der Waals surface area contributed by atoms with E-state index in [0.717, 1.165) is 17.8 Å². The first kappa shape index (κ1) is 14.0. The summed E-state index contributed by atoms with van der Waals surface area (Å²) < 4.78 is 0. The van der Waals surface area contributed by atoms with Gasteiger partial charge in [-0.1, -0.05) is 6.07 Å². The molecule has 0 atom stereocenters. The quantitative estimate of drug-likeness (QED) is 0.873. The number of rotatable bonds is 5. The number of amides is 1. The molecule has 0 radical (unpaired) electrons. The van der Waals surface area contributed by atoms with Crippen molar-refractivity contribution in [3.63, 3.8) is 0 Å². The fraction of sp³-hybridized carbons (Fsp3) is 0.267. The fourth-order valence-corrected chi connectivity index (χ4v) is 1.74. The van der Waals surface area contributed by atoms with Crippen molar-refractivity contribution in [1.29, 1.82) is 0 Å². The Morgan fingerprint density at radius 2 is 2.10 bits per heavy atom. The van der Waals surface area contributed by atoms with E-state index in [9.17, 15) is 4.79 Å². The number of aromatic nitrogens is 2. The SMILES string of the molecule is CCNc1cc(C(=O)NCc2ccc(C)nc2)ccn1. The van der Waals surface area contributed by atoms with Crippen molar-refractivity contribution >= 4 is 11.7 Å².